The monoisotopic (exact) mass is 449 g/mol. The number of para-hydroxylation sites is 1. The Morgan fingerprint density at radius 3 is 2.72 bits per heavy atom. The van der Waals surface area contributed by atoms with Crippen LogP contribution in [0.15, 0.2) is 54.6 Å². The molecular weight excluding hydrogens is 429 g/mol. The van der Waals surface area contributed by atoms with Gasteiger partial charge in [-0.25, -0.2) is 13.9 Å². The highest BCUT2D eigenvalue weighted by Gasteiger charge is 2.31. The van der Waals surface area contributed by atoms with Crippen molar-refractivity contribution in [2.24, 2.45) is 0 Å². The fourth-order valence-corrected chi connectivity index (χ4v) is 5.20. The molecule has 8 heteroatoms. The molecule has 0 radical (unpaired) electrons. The molecule has 2 aromatic heterocycles. The molecule has 1 aliphatic heterocycles. The Labute approximate surface area is 187 Å². The first kappa shape index (κ1) is 20.4. The molecule has 4 aromatic rings. The van der Waals surface area contributed by atoms with Crippen LogP contribution in [0.3, 0.4) is 0 Å². The molecule has 0 fully saturated rings. The molecule has 1 unspecified atom stereocenters. The number of aryl methyl sites for hydroxylation is 1. The van der Waals surface area contributed by atoms with Crippen LogP contribution in [0.2, 0.25) is 0 Å². The number of thiophene rings is 1. The van der Waals surface area contributed by atoms with Crippen molar-refractivity contribution in [2.45, 2.75) is 26.3 Å². The second kappa shape index (κ2) is 7.87. The Hall–Kier alpha value is -3.52. The highest BCUT2D eigenvalue weighted by Crippen LogP contribution is 2.33. The third-order valence-electron chi connectivity index (χ3n) is 5.62. The molecule has 0 aliphatic carbocycles. The summed E-state index contributed by atoms with van der Waals surface area (Å²) in [6, 6.07) is 15.5. The van der Waals surface area contributed by atoms with E-state index >= 15 is 0 Å². The molecule has 5 rings (SSSR count). The zero-order valence-electron chi connectivity index (χ0n) is 17.5. The Balaban J connectivity index is 1.34. The molecule has 0 saturated carbocycles. The fraction of sp³-hybridized carbons (Fsp3) is 0.208. The molecule has 0 saturated heterocycles. The predicted molar refractivity (Wildman–Crippen MR) is 121 cm³/mol. The summed E-state index contributed by atoms with van der Waals surface area (Å²) in [6.07, 6.45) is 0.783. The maximum absolute atomic E-state index is 13.3. The number of rotatable bonds is 4. The van der Waals surface area contributed by atoms with Gasteiger partial charge in [-0.05, 0) is 62.2 Å². The van der Waals surface area contributed by atoms with E-state index < -0.39 is 5.97 Å². The van der Waals surface area contributed by atoms with Crippen LogP contribution in [0.1, 0.15) is 27.9 Å². The lowest BCUT2D eigenvalue weighted by Gasteiger charge is -2.22. The first-order valence-corrected chi connectivity index (χ1v) is 11.1. The average molecular weight is 450 g/mol. The largest absolute Gasteiger partial charge is 0.451 e. The van der Waals surface area contributed by atoms with Gasteiger partial charge in [0.15, 0.2) is 6.61 Å². The highest BCUT2D eigenvalue weighted by molar-refractivity contribution is 7.20. The molecule has 1 aliphatic rings. The van der Waals surface area contributed by atoms with Crippen molar-refractivity contribution in [3.05, 3.63) is 76.5 Å². The predicted octanol–water partition coefficient (Wildman–Crippen LogP) is 4.67. The Kier molecular flexibility index (Phi) is 5.01. The van der Waals surface area contributed by atoms with Gasteiger partial charge < -0.3 is 9.64 Å². The molecule has 1 atom stereocenters. The number of amides is 1. The highest BCUT2D eigenvalue weighted by atomic mass is 32.1. The lowest BCUT2D eigenvalue weighted by atomic mass is 10.1. The van der Waals surface area contributed by atoms with Gasteiger partial charge in [0.05, 0.1) is 11.4 Å². The minimum atomic E-state index is -0.551. The SMILES string of the molecule is Cc1nn(-c2ccc(F)cc2)c2sc(C(=O)OCC(=O)N3c4ccccc4CC3C)cc12. The number of carbonyl (C=O) groups is 2. The smallest absolute Gasteiger partial charge is 0.348 e. The lowest BCUT2D eigenvalue weighted by molar-refractivity contribution is -0.122. The van der Waals surface area contributed by atoms with Crippen molar-refractivity contribution < 1.29 is 18.7 Å². The van der Waals surface area contributed by atoms with Crippen LogP contribution < -0.4 is 4.90 Å². The average Bonchev–Trinajstić information content (AvgIpc) is 3.45. The number of fused-ring (bicyclic) bond motifs is 2. The number of aromatic nitrogens is 2. The third-order valence-corrected chi connectivity index (χ3v) is 6.71. The van der Waals surface area contributed by atoms with Crippen LogP contribution >= 0.6 is 11.3 Å². The van der Waals surface area contributed by atoms with Crippen LogP contribution in [0.25, 0.3) is 15.9 Å². The first-order chi connectivity index (χ1) is 15.4. The van der Waals surface area contributed by atoms with Crippen LogP contribution in [-0.4, -0.2) is 34.3 Å². The van der Waals surface area contributed by atoms with E-state index in [1.54, 1.807) is 27.8 Å². The van der Waals surface area contributed by atoms with E-state index in [1.807, 2.05) is 38.1 Å². The van der Waals surface area contributed by atoms with Gasteiger partial charge in [0.1, 0.15) is 15.5 Å². The van der Waals surface area contributed by atoms with Gasteiger partial charge in [-0.2, -0.15) is 5.10 Å². The van der Waals surface area contributed by atoms with Crippen LogP contribution in [-0.2, 0) is 16.0 Å². The van der Waals surface area contributed by atoms with Crippen molar-refractivity contribution in [1.82, 2.24) is 9.78 Å². The van der Waals surface area contributed by atoms with Gasteiger partial charge in [-0.1, -0.05) is 18.2 Å². The van der Waals surface area contributed by atoms with Crippen molar-refractivity contribution in [3.63, 3.8) is 0 Å². The van der Waals surface area contributed by atoms with Crippen molar-refractivity contribution in [2.75, 3.05) is 11.5 Å². The van der Waals surface area contributed by atoms with Crippen LogP contribution in [0, 0.1) is 12.7 Å². The summed E-state index contributed by atoms with van der Waals surface area (Å²) >= 11 is 1.23. The maximum Gasteiger partial charge on any atom is 0.348 e. The van der Waals surface area contributed by atoms with Crippen molar-refractivity contribution >= 4 is 39.1 Å². The number of hydrogen-bond acceptors (Lipinski definition) is 5. The number of ether oxygens (including phenoxy) is 1. The molecule has 3 heterocycles. The van der Waals surface area contributed by atoms with E-state index in [2.05, 4.69) is 5.10 Å². The Bertz CT molecular complexity index is 1340. The van der Waals surface area contributed by atoms with E-state index in [-0.39, 0.29) is 24.4 Å². The summed E-state index contributed by atoms with van der Waals surface area (Å²) in [6.45, 7) is 3.50. The number of anilines is 1. The number of halogens is 1. The van der Waals surface area contributed by atoms with Gasteiger partial charge in [0.25, 0.3) is 5.91 Å². The van der Waals surface area contributed by atoms with E-state index in [1.165, 1.54) is 23.5 Å². The van der Waals surface area contributed by atoms with Gasteiger partial charge in [-0.3, -0.25) is 4.79 Å². The molecule has 162 valence electrons. The lowest BCUT2D eigenvalue weighted by Crippen LogP contribution is -2.38. The zero-order valence-corrected chi connectivity index (χ0v) is 18.4. The first-order valence-electron chi connectivity index (χ1n) is 10.2. The summed E-state index contributed by atoms with van der Waals surface area (Å²) < 4.78 is 20.3. The number of esters is 1. The number of nitrogens with zero attached hydrogens (tertiary/aromatic N) is 3. The van der Waals surface area contributed by atoms with E-state index in [9.17, 15) is 14.0 Å². The van der Waals surface area contributed by atoms with Crippen LogP contribution in [0.5, 0.6) is 0 Å². The molecule has 2 aromatic carbocycles. The number of carbonyl (C=O) groups excluding carboxylic acids is 2. The number of hydrogen-bond donors (Lipinski definition) is 0. The molecular formula is C24H20FN3O3S. The normalized spacial score (nSPS) is 15.2. The topological polar surface area (TPSA) is 64.4 Å². The summed E-state index contributed by atoms with van der Waals surface area (Å²) in [7, 11) is 0. The van der Waals surface area contributed by atoms with Gasteiger partial charge in [-0.15, -0.1) is 11.3 Å². The summed E-state index contributed by atoms with van der Waals surface area (Å²) in [5.41, 5.74) is 3.43. The molecule has 0 bridgehead atoms. The Morgan fingerprint density at radius 2 is 1.94 bits per heavy atom. The van der Waals surface area contributed by atoms with Crippen molar-refractivity contribution in [3.8, 4) is 5.69 Å². The van der Waals surface area contributed by atoms with Gasteiger partial charge in [0.2, 0.25) is 0 Å². The minimum absolute atomic E-state index is 0.0206. The molecule has 0 spiro atoms. The van der Waals surface area contributed by atoms with Gasteiger partial charge in [0, 0.05) is 17.1 Å². The fourth-order valence-electron chi connectivity index (χ4n) is 4.12. The molecule has 1 amide bonds. The molecule has 32 heavy (non-hydrogen) atoms. The standard InChI is InChI=1S/C24H20FN3O3S/c1-14-11-16-5-3-4-6-20(16)27(14)22(29)13-31-24(30)21-12-19-15(2)26-28(23(19)32-21)18-9-7-17(25)8-10-18/h3-10,12,14H,11,13H2,1-2H3. The quantitative estimate of drug-likeness (QED) is 0.425. The number of benzene rings is 2. The molecule has 0 N–H and O–H groups in total. The summed E-state index contributed by atoms with van der Waals surface area (Å²) in [4.78, 5) is 28.4. The molecule has 6 nitrogen and oxygen atoms in total. The van der Waals surface area contributed by atoms with Gasteiger partial charge >= 0.3 is 5.97 Å². The maximum atomic E-state index is 13.3. The second-order valence-electron chi connectivity index (χ2n) is 7.82. The Morgan fingerprint density at radius 1 is 1.19 bits per heavy atom. The summed E-state index contributed by atoms with van der Waals surface area (Å²) in [5, 5.41) is 5.32. The van der Waals surface area contributed by atoms with Crippen LogP contribution in [0.4, 0.5) is 10.1 Å². The van der Waals surface area contributed by atoms with Crippen molar-refractivity contribution in [1.29, 1.82) is 0 Å². The van der Waals surface area contributed by atoms with E-state index in [0.29, 0.717) is 10.6 Å². The zero-order chi connectivity index (χ0) is 22.4. The minimum Gasteiger partial charge on any atom is -0.451 e. The van der Waals surface area contributed by atoms with E-state index in [0.717, 1.165) is 33.6 Å². The van der Waals surface area contributed by atoms with E-state index in [4.69, 9.17) is 4.74 Å². The second-order valence-corrected chi connectivity index (χ2v) is 8.86. The third kappa shape index (κ3) is 3.46. The summed E-state index contributed by atoms with van der Waals surface area (Å²) in [5.74, 6) is -1.13.